The van der Waals surface area contributed by atoms with Gasteiger partial charge in [0, 0.05) is 23.1 Å². The number of rotatable bonds is 6. The molecule has 0 aliphatic heterocycles. The van der Waals surface area contributed by atoms with Gasteiger partial charge in [-0.05, 0) is 23.8 Å². The molecule has 3 rings (SSSR count). The van der Waals surface area contributed by atoms with Crippen molar-refractivity contribution in [1.82, 2.24) is 20.2 Å². The second-order valence-electron chi connectivity index (χ2n) is 6.39. The molecule has 1 radical (unpaired) electrons. The number of aliphatic hydroxyl groups is 1. The van der Waals surface area contributed by atoms with Gasteiger partial charge in [-0.1, -0.05) is 25.1 Å². The van der Waals surface area contributed by atoms with Crippen LogP contribution in [0.3, 0.4) is 0 Å². The van der Waals surface area contributed by atoms with Crippen molar-refractivity contribution in [2.75, 3.05) is 0 Å². The van der Waals surface area contributed by atoms with Gasteiger partial charge in [0.25, 0.3) is 0 Å². The lowest BCUT2D eigenvalue weighted by Gasteiger charge is -2.35. The van der Waals surface area contributed by atoms with E-state index in [2.05, 4.69) is 16.1 Å². The Morgan fingerprint density at radius 1 is 1.36 bits per heavy atom. The largest absolute Gasteiger partial charge is 0.382 e. The fourth-order valence-electron chi connectivity index (χ4n) is 3.09. The number of nitrogens with zero attached hydrogens (tertiary/aromatic N) is 3. The predicted molar refractivity (Wildman–Crippen MR) is 95.7 cm³/mol. The fraction of sp³-hybridized carbons (Fsp3) is 0.211. The summed E-state index contributed by atoms with van der Waals surface area (Å²) >= 11 is 0. The molecule has 0 aliphatic carbocycles. The van der Waals surface area contributed by atoms with Crippen molar-refractivity contribution in [3.05, 3.63) is 83.4 Å². The molecule has 2 aromatic carbocycles. The highest BCUT2D eigenvalue weighted by atomic mass is 19.1. The molecular weight excluding hydrogens is 368 g/mol. The number of aromatic nitrogens is 3. The number of benzene rings is 2. The van der Waals surface area contributed by atoms with Crippen molar-refractivity contribution in [3.63, 3.8) is 0 Å². The van der Waals surface area contributed by atoms with E-state index < -0.39 is 23.2 Å². The molecule has 1 aromatic heterocycles. The smallest absolute Gasteiger partial charge is 0.149 e. The molecule has 0 saturated heterocycles. The first-order valence-electron chi connectivity index (χ1n) is 8.36. The molecule has 28 heavy (non-hydrogen) atoms. The Bertz CT molecular complexity index is 980. The van der Waals surface area contributed by atoms with Gasteiger partial charge in [-0.15, -0.1) is 0 Å². The highest BCUT2D eigenvalue weighted by Gasteiger charge is 2.40. The van der Waals surface area contributed by atoms with Crippen LogP contribution in [0.4, 0.5) is 8.78 Å². The van der Waals surface area contributed by atoms with Crippen LogP contribution in [-0.4, -0.2) is 30.9 Å². The van der Waals surface area contributed by atoms with Crippen molar-refractivity contribution >= 4 is 5.84 Å². The second-order valence-corrected chi connectivity index (χ2v) is 6.39. The highest BCUT2D eigenvalue weighted by molar-refractivity contribution is 5.95. The summed E-state index contributed by atoms with van der Waals surface area (Å²) in [6.45, 7) is 1.54. The zero-order chi connectivity index (χ0) is 20.3. The van der Waals surface area contributed by atoms with Crippen molar-refractivity contribution < 1.29 is 19.1 Å². The van der Waals surface area contributed by atoms with E-state index >= 15 is 0 Å². The molecule has 2 unspecified atom stereocenters. The molecule has 0 saturated carbocycles. The van der Waals surface area contributed by atoms with E-state index in [1.807, 2.05) is 0 Å². The number of nitrogens with one attached hydrogen (secondary N) is 2. The molecule has 0 aliphatic rings. The Hall–Kier alpha value is -3.17. The van der Waals surface area contributed by atoms with Crippen LogP contribution in [0.25, 0.3) is 0 Å². The van der Waals surface area contributed by atoms with Crippen molar-refractivity contribution in [2.24, 2.45) is 0 Å². The summed E-state index contributed by atoms with van der Waals surface area (Å²) in [5.41, 5.74) is 0.647. The SMILES string of the molecule is CC(c1cc[c]c(C(=N)NO)c1)C(O)(Cn1cncn1)c1ccc(F)cc1F. The maximum Gasteiger partial charge on any atom is 0.149 e. The third kappa shape index (κ3) is 3.75. The topological polar surface area (TPSA) is 107 Å². The maximum atomic E-state index is 14.6. The first kappa shape index (κ1) is 19.6. The monoisotopic (exact) mass is 386 g/mol. The third-order valence-electron chi connectivity index (χ3n) is 4.69. The fourth-order valence-corrected chi connectivity index (χ4v) is 3.09. The van der Waals surface area contributed by atoms with E-state index in [-0.39, 0.29) is 23.5 Å². The van der Waals surface area contributed by atoms with Crippen LogP contribution in [-0.2, 0) is 12.1 Å². The van der Waals surface area contributed by atoms with Gasteiger partial charge in [-0.25, -0.2) is 18.4 Å². The van der Waals surface area contributed by atoms with E-state index in [0.717, 1.165) is 6.07 Å². The van der Waals surface area contributed by atoms with Crippen LogP contribution < -0.4 is 5.48 Å². The van der Waals surface area contributed by atoms with E-state index in [1.54, 1.807) is 24.5 Å². The molecule has 0 spiro atoms. The summed E-state index contributed by atoms with van der Waals surface area (Å²) in [6, 6.07) is 10.5. The lowest BCUT2D eigenvalue weighted by Crippen LogP contribution is -2.38. The van der Waals surface area contributed by atoms with Gasteiger partial charge in [-0.2, -0.15) is 5.10 Å². The van der Waals surface area contributed by atoms with Crippen molar-refractivity contribution in [1.29, 1.82) is 5.41 Å². The zero-order valence-electron chi connectivity index (χ0n) is 14.9. The minimum atomic E-state index is -1.81. The van der Waals surface area contributed by atoms with E-state index in [9.17, 15) is 13.9 Å². The molecule has 9 heteroatoms. The van der Waals surface area contributed by atoms with E-state index in [0.29, 0.717) is 11.6 Å². The molecule has 2 atom stereocenters. The van der Waals surface area contributed by atoms with Crippen LogP contribution in [0.5, 0.6) is 0 Å². The van der Waals surface area contributed by atoms with E-state index in [1.165, 1.54) is 29.5 Å². The number of hydroxylamine groups is 1. The summed E-state index contributed by atoms with van der Waals surface area (Å²) in [5.74, 6) is -2.61. The number of hydrogen-bond acceptors (Lipinski definition) is 5. The van der Waals surface area contributed by atoms with Gasteiger partial charge in [0.2, 0.25) is 0 Å². The lowest BCUT2D eigenvalue weighted by atomic mass is 9.77. The maximum absolute atomic E-state index is 14.6. The molecule has 3 aromatic rings. The Labute approximate surface area is 159 Å². The molecule has 7 nitrogen and oxygen atoms in total. The summed E-state index contributed by atoms with van der Waals surface area (Å²) < 4.78 is 29.3. The minimum absolute atomic E-state index is 0.0957. The van der Waals surface area contributed by atoms with Gasteiger partial charge >= 0.3 is 0 Å². The van der Waals surface area contributed by atoms with Crippen LogP contribution in [0.1, 0.15) is 29.5 Å². The minimum Gasteiger partial charge on any atom is -0.382 e. The number of amidine groups is 1. The molecule has 1 heterocycles. The zero-order valence-corrected chi connectivity index (χ0v) is 14.9. The van der Waals surface area contributed by atoms with Crippen LogP contribution in [0.15, 0.2) is 49.1 Å². The number of halogens is 2. The van der Waals surface area contributed by atoms with Crippen LogP contribution in [0, 0.1) is 23.1 Å². The quantitative estimate of drug-likeness (QED) is 0.296. The number of hydrogen-bond donors (Lipinski definition) is 4. The summed E-state index contributed by atoms with van der Waals surface area (Å²) in [6.07, 6.45) is 2.67. The van der Waals surface area contributed by atoms with Crippen LogP contribution in [0.2, 0.25) is 0 Å². The lowest BCUT2D eigenvalue weighted by molar-refractivity contribution is -0.0112. The van der Waals surface area contributed by atoms with Gasteiger partial charge < -0.3 is 5.11 Å². The van der Waals surface area contributed by atoms with Crippen LogP contribution >= 0.6 is 0 Å². The first-order chi connectivity index (χ1) is 13.3. The molecule has 0 fully saturated rings. The second kappa shape index (κ2) is 7.83. The van der Waals surface area contributed by atoms with Gasteiger partial charge in [0.1, 0.15) is 35.7 Å². The average molecular weight is 386 g/mol. The average Bonchev–Trinajstić information content (AvgIpc) is 3.19. The van der Waals surface area contributed by atoms with Gasteiger partial charge in [0.05, 0.1) is 6.54 Å². The standard InChI is InChI=1S/C19H18F2N5O2/c1-12(13-3-2-4-14(7-13)18(22)25-28)19(27,9-26-11-23-10-24-26)16-6-5-15(20)8-17(16)21/h2-3,5-8,10-12,27-28H,9H2,1H3,(H2,22,25). The van der Waals surface area contributed by atoms with Gasteiger partial charge in [0.15, 0.2) is 0 Å². The van der Waals surface area contributed by atoms with E-state index in [4.69, 9.17) is 10.6 Å². The summed E-state index contributed by atoms with van der Waals surface area (Å²) in [4.78, 5) is 3.83. The molecule has 145 valence electrons. The van der Waals surface area contributed by atoms with Crippen molar-refractivity contribution in [3.8, 4) is 0 Å². The molecule has 0 bridgehead atoms. The van der Waals surface area contributed by atoms with Crippen molar-refractivity contribution in [2.45, 2.75) is 25.0 Å². The normalized spacial score (nSPS) is 14.3. The molecular formula is C19H18F2N5O2. The summed E-state index contributed by atoms with van der Waals surface area (Å²) in [7, 11) is 0. The Balaban J connectivity index is 2.09. The first-order valence-corrected chi connectivity index (χ1v) is 8.36. The summed E-state index contributed by atoms with van der Waals surface area (Å²) in [5, 5.41) is 32.1. The predicted octanol–water partition coefficient (Wildman–Crippen LogP) is 2.35. The molecule has 0 amide bonds. The van der Waals surface area contributed by atoms with Gasteiger partial charge in [-0.3, -0.25) is 16.1 Å². The third-order valence-corrected chi connectivity index (χ3v) is 4.69. The Morgan fingerprint density at radius 2 is 2.14 bits per heavy atom. The Kier molecular flexibility index (Phi) is 5.48. The Morgan fingerprint density at radius 3 is 2.79 bits per heavy atom. The highest BCUT2D eigenvalue weighted by Crippen LogP contribution is 2.39. The molecule has 4 N–H and O–H groups in total.